The highest BCUT2D eigenvalue weighted by Gasteiger charge is 2.47. The molecule has 0 radical (unpaired) electrons. The number of aromatic nitrogens is 1. The van der Waals surface area contributed by atoms with Crippen LogP contribution in [0.5, 0.6) is 11.5 Å². The Morgan fingerprint density at radius 2 is 1.88 bits per heavy atom. The highest BCUT2D eigenvalue weighted by Crippen LogP contribution is 2.43. The fourth-order valence-corrected chi connectivity index (χ4v) is 5.90. The molecular formula is C31H45N4O5+. The van der Waals surface area contributed by atoms with Crippen molar-refractivity contribution in [2.24, 2.45) is 5.92 Å². The maximum Gasteiger partial charge on any atom is 0.308 e. The van der Waals surface area contributed by atoms with E-state index >= 15 is 0 Å². The van der Waals surface area contributed by atoms with Crippen molar-refractivity contribution in [2.45, 2.75) is 51.0 Å². The Morgan fingerprint density at radius 3 is 2.58 bits per heavy atom. The van der Waals surface area contributed by atoms with E-state index in [2.05, 4.69) is 38.0 Å². The molecule has 1 saturated heterocycles. The van der Waals surface area contributed by atoms with E-state index in [4.69, 9.17) is 9.47 Å². The molecule has 1 fully saturated rings. The van der Waals surface area contributed by atoms with E-state index in [-0.39, 0.29) is 31.2 Å². The molecular weight excluding hydrogens is 508 g/mol. The molecule has 1 aromatic heterocycles. The van der Waals surface area contributed by atoms with Crippen LogP contribution in [0.1, 0.15) is 49.8 Å². The smallest absolute Gasteiger partial charge is 0.308 e. The molecule has 2 aliphatic heterocycles. The molecule has 0 unspecified atom stereocenters. The Kier molecular flexibility index (Phi) is 10.0. The number of aryl methyl sites for hydroxylation is 1. The number of ether oxygens (including phenoxy) is 2. The average Bonchev–Trinajstić information content (AvgIpc) is 3.53. The SMILES string of the molecule is CCCCN(CCC[N+](C)(C)C)C(=O)CN1C[C@H](c2ccc3c(c2)OCO3)[C@@H](C(=O)O)[C@@H]1CCc1ccccn1. The number of hydrogen-bond donors (Lipinski definition) is 1. The van der Waals surface area contributed by atoms with E-state index in [0.29, 0.717) is 30.9 Å². The van der Waals surface area contributed by atoms with Gasteiger partial charge in [0.05, 0.1) is 40.2 Å². The first-order valence-electron chi connectivity index (χ1n) is 14.5. The van der Waals surface area contributed by atoms with E-state index in [9.17, 15) is 14.7 Å². The van der Waals surface area contributed by atoms with Gasteiger partial charge in [0.2, 0.25) is 12.7 Å². The summed E-state index contributed by atoms with van der Waals surface area (Å²) in [5.41, 5.74) is 1.83. The lowest BCUT2D eigenvalue weighted by molar-refractivity contribution is -0.870. The number of aliphatic carboxylic acids is 1. The van der Waals surface area contributed by atoms with Gasteiger partial charge in [0.25, 0.3) is 0 Å². The summed E-state index contributed by atoms with van der Waals surface area (Å²) in [6.07, 6.45) is 5.92. The number of quaternary nitrogens is 1. The zero-order chi connectivity index (χ0) is 28.7. The average molecular weight is 554 g/mol. The van der Waals surface area contributed by atoms with Gasteiger partial charge in [0, 0.05) is 49.9 Å². The Labute approximate surface area is 238 Å². The zero-order valence-electron chi connectivity index (χ0n) is 24.4. The number of nitrogens with zero attached hydrogens (tertiary/aromatic N) is 4. The van der Waals surface area contributed by atoms with Crippen LogP contribution in [0.2, 0.25) is 0 Å². The van der Waals surface area contributed by atoms with Gasteiger partial charge in [-0.1, -0.05) is 25.5 Å². The molecule has 1 amide bonds. The lowest BCUT2D eigenvalue weighted by atomic mass is 9.83. The number of pyridine rings is 1. The van der Waals surface area contributed by atoms with Gasteiger partial charge in [0.1, 0.15) is 0 Å². The molecule has 1 N–H and O–H groups in total. The summed E-state index contributed by atoms with van der Waals surface area (Å²) in [5, 5.41) is 10.5. The summed E-state index contributed by atoms with van der Waals surface area (Å²) < 4.78 is 11.9. The number of rotatable bonds is 14. The van der Waals surface area contributed by atoms with E-state index in [0.717, 1.165) is 54.6 Å². The van der Waals surface area contributed by atoms with Crippen LogP contribution in [-0.4, -0.2) is 103 Å². The third-order valence-corrected chi connectivity index (χ3v) is 8.01. The minimum atomic E-state index is -0.838. The van der Waals surface area contributed by atoms with Gasteiger partial charge in [-0.05, 0) is 49.1 Å². The molecule has 40 heavy (non-hydrogen) atoms. The Bertz CT molecular complexity index is 1140. The zero-order valence-corrected chi connectivity index (χ0v) is 24.4. The molecule has 0 saturated carbocycles. The van der Waals surface area contributed by atoms with Crippen molar-refractivity contribution in [1.29, 1.82) is 0 Å². The van der Waals surface area contributed by atoms with Crippen molar-refractivity contribution in [1.82, 2.24) is 14.8 Å². The lowest BCUT2D eigenvalue weighted by Gasteiger charge is -2.30. The molecule has 3 atom stereocenters. The van der Waals surface area contributed by atoms with Gasteiger partial charge in [-0.2, -0.15) is 0 Å². The minimum Gasteiger partial charge on any atom is -0.481 e. The maximum atomic E-state index is 13.7. The number of carbonyl (C=O) groups is 2. The van der Waals surface area contributed by atoms with Gasteiger partial charge >= 0.3 is 5.97 Å². The predicted molar refractivity (Wildman–Crippen MR) is 153 cm³/mol. The monoisotopic (exact) mass is 553 g/mol. The lowest BCUT2D eigenvalue weighted by Crippen LogP contribution is -2.45. The maximum absolute atomic E-state index is 13.7. The Hall–Kier alpha value is -3.17. The topological polar surface area (TPSA) is 92.2 Å². The second-order valence-electron chi connectivity index (χ2n) is 12.0. The fraction of sp³-hybridized carbons (Fsp3) is 0.581. The fourth-order valence-electron chi connectivity index (χ4n) is 5.90. The first-order valence-corrected chi connectivity index (χ1v) is 14.5. The van der Waals surface area contributed by atoms with Crippen molar-refractivity contribution in [3.8, 4) is 11.5 Å². The number of hydrogen-bond acceptors (Lipinski definition) is 6. The number of fused-ring (bicyclic) bond motifs is 1. The first kappa shape index (κ1) is 29.8. The number of benzene rings is 1. The molecule has 1 aromatic carbocycles. The summed E-state index contributed by atoms with van der Waals surface area (Å²) in [6.45, 7) is 5.44. The van der Waals surface area contributed by atoms with Crippen molar-refractivity contribution in [3.05, 3.63) is 53.9 Å². The van der Waals surface area contributed by atoms with Gasteiger partial charge in [-0.25, -0.2) is 0 Å². The molecule has 0 bridgehead atoms. The van der Waals surface area contributed by atoms with Crippen LogP contribution in [0, 0.1) is 5.92 Å². The second-order valence-corrected chi connectivity index (χ2v) is 12.0. The van der Waals surface area contributed by atoms with Crippen molar-refractivity contribution < 1.29 is 28.7 Å². The number of carboxylic acids is 1. The second kappa shape index (κ2) is 13.5. The predicted octanol–water partition coefficient (Wildman–Crippen LogP) is 3.64. The van der Waals surface area contributed by atoms with Crippen molar-refractivity contribution in [2.75, 3.05) is 60.7 Å². The van der Waals surface area contributed by atoms with Gasteiger partial charge in [-0.3, -0.25) is 19.5 Å². The van der Waals surface area contributed by atoms with Crippen molar-refractivity contribution in [3.63, 3.8) is 0 Å². The van der Waals surface area contributed by atoms with Gasteiger partial charge in [0.15, 0.2) is 11.5 Å². The van der Waals surface area contributed by atoms with E-state index in [1.807, 2.05) is 41.3 Å². The number of carboxylic acid groups (broad SMARTS) is 1. The number of carbonyl (C=O) groups excluding carboxylic acids is 1. The van der Waals surface area contributed by atoms with Crippen LogP contribution in [0.15, 0.2) is 42.6 Å². The standard InChI is InChI=1S/C31H44N4O5/c1-5-6-16-33(17-9-18-35(2,3)4)29(36)21-34-20-25(23-11-14-27-28(19-23)40-22-39-27)30(31(37)38)26(34)13-12-24-10-7-8-15-32-24/h7-8,10-11,14-15,19,25-26,30H,5-6,9,12-13,16-18,20-22H2,1-4H3/p+1/t25-,26+,30-/m1/s1. The summed E-state index contributed by atoms with van der Waals surface area (Å²) in [4.78, 5) is 35.1. The van der Waals surface area contributed by atoms with Gasteiger partial charge in [-0.15, -0.1) is 0 Å². The van der Waals surface area contributed by atoms with Crippen LogP contribution in [-0.2, 0) is 16.0 Å². The normalized spacial score (nSPS) is 20.6. The van der Waals surface area contributed by atoms with E-state index in [1.54, 1.807) is 6.20 Å². The van der Waals surface area contributed by atoms with E-state index in [1.165, 1.54) is 0 Å². The minimum absolute atomic E-state index is 0.0770. The molecule has 2 aliphatic rings. The molecule has 0 aliphatic carbocycles. The summed E-state index contributed by atoms with van der Waals surface area (Å²) in [6, 6.07) is 11.2. The first-order chi connectivity index (χ1) is 19.2. The molecule has 9 heteroatoms. The molecule has 3 heterocycles. The highest BCUT2D eigenvalue weighted by molar-refractivity contribution is 5.79. The largest absolute Gasteiger partial charge is 0.481 e. The van der Waals surface area contributed by atoms with Crippen LogP contribution in [0.25, 0.3) is 0 Å². The van der Waals surface area contributed by atoms with Gasteiger partial charge < -0.3 is 24.0 Å². The van der Waals surface area contributed by atoms with E-state index < -0.39 is 11.9 Å². The molecule has 9 nitrogen and oxygen atoms in total. The molecule has 2 aromatic rings. The summed E-state index contributed by atoms with van der Waals surface area (Å²) in [5.74, 6) is -0.366. The van der Waals surface area contributed by atoms with Crippen LogP contribution < -0.4 is 9.47 Å². The van der Waals surface area contributed by atoms with Crippen LogP contribution >= 0.6 is 0 Å². The quantitative estimate of drug-likeness (QED) is 0.357. The summed E-state index contributed by atoms with van der Waals surface area (Å²) in [7, 11) is 6.49. The third-order valence-electron chi connectivity index (χ3n) is 8.01. The molecule has 4 rings (SSSR count). The third kappa shape index (κ3) is 7.73. The van der Waals surface area contributed by atoms with Crippen LogP contribution in [0.3, 0.4) is 0 Å². The van der Waals surface area contributed by atoms with Crippen molar-refractivity contribution >= 4 is 11.9 Å². The molecule has 0 spiro atoms. The number of amides is 1. The Morgan fingerprint density at radius 1 is 1.10 bits per heavy atom. The van der Waals surface area contributed by atoms with Crippen LogP contribution in [0.4, 0.5) is 0 Å². The Balaban J connectivity index is 1.56. The highest BCUT2D eigenvalue weighted by atomic mass is 16.7. The number of likely N-dealkylation sites (tertiary alicyclic amines) is 1. The molecule has 218 valence electrons. The number of unbranched alkanes of at least 4 members (excludes halogenated alkanes) is 1. The summed E-state index contributed by atoms with van der Waals surface area (Å²) >= 11 is 0.